The predicted molar refractivity (Wildman–Crippen MR) is 114 cm³/mol. The summed E-state index contributed by atoms with van der Waals surface area (Å²) in [5.41, 5.74) is 4.55. The maximum atomic E-state index is 12.7. The summed E-state index contributed by atoms with van der Waals surface area (Å²) >= 11 is 0. The van der Waals surface area contributed by atoms with Crippen LogP contribution in [0.1, 0.15) is 41.7 Å². The molecule has 2 heterocycles. The number of para-hydroxylation sites is 1. The molecule has 4 nitrogen and oxygen atoms in total. The van der Waals surface area contributed by atoms with Crippen molar-refractivity contribution in [2.24, 2.45) is 0 Å². The number of aliphatic hydroxyl groups is 1. The van der Waals surface area contributed by atoms with Crippen LogP contribution in [0.2, 0.25) is 0 Å². The number of rotatable bonds is 2. The Kier molecular flexibility index (Phi) is 3.80. The van der Waals surface area contributed by atoms with Gasteiger partial charge in [-0.05, 0) is 47.2 Å². The predicted octanol–water partition coefficient (Wildman–Crippen LogP) is 3.98. The lowest BCUT2D eigenvalue weighted by molar-refractivity contribution is -0.126. The molecule has 2 atom stereocenters. The van der Waals surface area contributed by atoms with Gasteiger partial charge in [0.1, 0.15) is 0 Å². The van der Waals surface area contributed by atoms with Gasteiger partial charge in [0.25, 0.3) is 5.91 Å². The van der Waals surface area contributed by atoms with Crippen LogP contribution in [0.25, 0.3) is 10.8 Å². The van der Waals surface area contributed by atoms with Gasteiger partial charge in [-0.1, -0.05) is 54.6 Å². The SMILES string of the molecule is O=C1C(O)c2ccccc2N1C1CCN(C2Cc3cccc4cccc2c34)CC1. The highest BCUT2D eigenvalue weighted by atomic mass is 16.3. The van der Waals surface area contributed by atoms with E-state index in [9.17, 15) is 9.90 Å². The highest BCUT2D eigenvalue weighted by Crippen LogP contribution is 2.43. The average Bonchev–Trinajstić information content (AvgIpc) is 3.26. The van der Waals surface area contributed by atoms with Crippen molar-refractivity contribution in [1.82, 2.24) is 4.90 Å². The van der Waals surface area contributed by atoms with Crippen LogP contribution in [-0.4, -0.2) is 35.0 Å². The molecule has 1 aliphatic carbocycles. The zero-order valence-corrected chi connectivity index (χ0v) is 16.3. The van der Waals surface area contributed by atoms with E-state index in [0.29, 0.717) is 6.04 Å². The molecule has 0 spiro atoms. The Balaban J connectivity index is 1.23. The second kappa shape index (κ2) is 6.41. The number of anilines is 1. The summed E-state index contributed by atoms with van der Waals surface area (Å²) in [4.78, 5) is 17.2. The van der Waals surface area contributed by atoms with Crippen molar-refractivity contribution in [2.75, 3.05) is 18.0 Å². The third-order valence-corrected chi connectivity index (χ3v) is 7.06. The molecule has 146 valence electrons. The maximum Gasteiger partial charge on any atom is 0.260 e. The van der Waals surface area contributed by atoms with Crippen molar-refractivity contribution in [3.63, 3.8) is 0 Å². The standard InChI is InChI=1S/C25H24N2O2/c28-24-20-8-1-2-10-21(20)27(25(24)29)18-11-13-26(14-12-18)22-15-17-7-3-5-16-6-4-9-19(22)23(16)17/h1-10,18,22,24,28H,11-15H2. The summed E-state index contributed by atoms with van der Waals surface area (Å²) in [5.74, 6) is -0.164. The van der Waals surface area contributed by atoms with Crippen LogP contribution in [0.15, 0.2) is 60.7 Å². The van der Waals surface area contributed by atoms with Gasteiger partial charge in [-0.3, -0.25) is 9.69 Å². The second-order valence-corrected chi connectivity index (χ2v) is 8.52. The first kappa shape index (κ1) is 17.2. The Morgan fingerprint density at radius 2 is 1.59 bits per heavy atom. The number of nitrogens with zero attached hydrogens (tertiary/aromatic N) is 2. The van der Waals surface area contributed by atoms with Crippen molar-refractivity contribution in [3.05, 3.63) is 77.4 Å². The van der Waals surface area contributed by atoms with E-state index in [1.54, 1.807) is 0 Å². The number of benzene rings is 3. The molecule has 3 aromatic rings. The minimum absolute atomic E-state index is 0.164. The van der Waals surface area contributed by atoms with E-state index >= 15 is 0 Å². The number of amides is 1. The Bertz CT molecular complexity index is 1110. The van der Waals surface area contributed by atoms with Crippen LogP contribution in [-0.2, 0) is 11.2 Å². The number of fused-ring (bicyclic) bond motifs is 1. The molecule has 0 radical (unpaired) electrons. The van der Waals surface area contributed by atoms with Gasteiger partial charge >= 0.3 is 0 Å². The third-order valence-electron chi connectivity index (χ3n) is 7.06. The first-order chi connectivity index (χ1) is 14.2. The van der Waals surface area contributed by atoms with E-state index in [4.69, 9.17) is 0 Å². The van der Waals surface area contributed by atoms with Gasteiger partial charge < -0.3 is 10.0 Å². The van der Waals surface area contributed by atoms with Crippen LogP contribution in [0.5, 0.6) is 0 Å². The van der Waals surface area contributed by atoms with E-state index in [-0.39, 0.29) is 11.9 Å². The molecule has 4 heteroatoms. The fourth-order valence-corrected chi connectivity index (χ4v) is 5.70. The van der Waals surface area contributed by atoms with Crippen molar-refractivity contribution in [1.29, 1.82) is 0 Å². The summed E-state index contributed by atoms with van der Waals surface area (Å²) in [6.07, 6.45) is 1.95. The third kappa shape index (κ3) is 2.49. The normalized spacial score (nSPS) is 24.4. The average molecular weight is 384 g/mol. The van der Waals surface area contributed by atoms with E-state index in [1.807, 2.05) is 29.2 Å². The number of hydrogen-bond acceptors (Lipinski definition) is 3. The van der Waals surface area contributed by atoms with Crippen LogP contribution in [0.4, 0.5) is 5.69 Å². The van der Waals surface area contributed by atoms with E-state index in [1.165, 1.54) is 21.9 Å². The fraction of sp³-hybridized carbons (Fsp3) is 0.320. The fourth-order valence-electron chi connectivity index (χ4n) is 5.70. The molecule has 1 N–H and O–H groups in total. The Hall–Kier alpha value is -2.69. The summed E-state index contributed by atoms with van der Waals surface area (Å²) in [6.45, 7) is 1.95. The van der Waals surface area contributed by atoms with Crippen LogP contribution >= 0.6 is 0 Å². The second-order valence-electron chi connectivity index (χ2n) is 8.52. The summed E-state index contributed by atoms with van der Waals surface area (Å²) in [7, 11) is 0. The lowest BCUT2D eigenvalue weighted by Gasteiger charge is -2.39. The van der Waals surface area contributed by atoms with E-state index in [2.05, 4.69) is 41.3 Å². The monoisotopic (exact) mass is 384 g/mol. The van der Waals surface area contributed by atoms with Gasteiger partial charge in [0.15, 0.2) is 6.10 Å². The molecule has 3 aliphatic rings. The minimum atomic E-state index is -1.01. The van der Waals surface area contributed by atoms with Crippen molar-refractivity contribution in [2.45, 2.75) is 37.5 Å². The summed E-state index contributed by atoms with van der Waals surface area (Å²) < 4.78 is 0. The first-order valence-electron chi connectivity index (χ1n) is 10.6. The Morgan fingerprint density at radius 3 is 2.41 bits per heavy atom. The molecule has 2 aliphatic heterocycles. The number of likely N-dealkylation sites (tertiary alicyclic amines) is 1. The number of hydrogen-bond donors (Lipinski definition) is 1. The highest BCUT2D eigenvalue weighted by Gasteiger charge is 2.41. The zero-order chi connectivity index (χ0) is 19.5. The molecule has 29 heavy (non-hydrogen) atoms. The topological polar surface area (TPSA) is 43.8 Å². The number of carbonyl (C=O) groups excluding carboxylic acids is 1. The molecule has 1 fully saturated rings. The molecule has 0 saturated carbocycles. The van der Waals surface area contributed by atoms with Gasteiger partial charge in [-0.25, -0.2) is 0 Å². The zero-order valence-electron chi connectivity index (χ0n) is 16.3. The van der Waals surface area contributed by atoms with Gasteiger partial charge in [-0.15, -0.1) is 0 Å². The maximum absolute atomic E-state index is 12.7. The molecule has 0 aromatic heterocycles. The van der Waals surface area contributed by atoms with Gasteiger partial charge in [0, 0.05) is 30.7 Å². The summed E-state index contributed by atoms with van der Waals surface area (Å²) in [6, 6.07) is 21.6. The molecular weight excluding hydrogens is 360 g/mol. The first-order valence-corrected chi connectivity index (χ1v) is 10.6. The smallest absolute Gasteiger partial charge is 0.260 e. The lowest BCUT2D eigenvalue weighted by atomic mass is 9.98. The number of aliphatic hydroxyl groups excluding tert-OH is 1. The molecule has 0 bridgehead atoms. The van der Waals surface area contributed by atoms with Gasteiger partial charge in [0.2, 0.25) is 0 Å². The van der Waals surface area contributed by atoms with E-state index in [0.717, 1.165) is 43.6 Å². The van der Waals surface area contributed by atoms with E-state index < -0.39 is 6.10 Å². The van der Waals surface area contributed by atoms with Gasteiger partial charge in [-0.2, -0.15) is 0 Å². The lowest BCUT2D eigenvalue weighted by Crippen LogP contribution is -2.47. The Labute approximate surface area is 170 Å². The molecule has 6 rings (SSSR count). The quantitative estimate of drug-likeness (QED) is 0.727. The van der Waals surface area contributed by atoms with Crippen LogP contribution in [0.3, 0.4) is 0 Å². The van der Waals surface area contributed by atoms with Crippen molar-refractivity contribution in [3.8, 4) is 0 Å². The molecule has 1 saturated heterocycles. The molecule has 3 aromatic carbocycles. The van der Waals surface area contributed by atoms with Crippen LogP contribution < -0.4 is 4.90 Å². The molecule has 2 unspecified atom stereocenters. The largest absolute Gasteiger partial charge is 0.378 e. The van der Waals surface area contributed by atoms with Crippen molar-refractivity contribution < 1.29 is 9.90 Å². The highest BCUT2D eigenvalue weighted by molar-refractivity contribution is 6.04. The van der Waals surface area contributed by atoms with Crippen molar-refractivity contribution >= 4 is 22.4 Å². The van der Waals surface area contributed by atoms with Gasteiger partial charge in [0.05, 0.1) is 5.69 Å². The van der Waals surface area contributed by atoms with Crippen LogP contribution in [0, 0.1) is 0 Å². The summed E-state index contributed by atoms with van der Waals surface area (Å²) in [5, 5.41) is 13.1. The Morgan fingerprint density at radius 1 is 0.862 bits per heavy atom. The molecule has 1 amide bonds. The number of carbonyl (C=O) groups is 1. The molecular formula is C25H24N2O2. The minimum Gasteiger partial charge on any atom is -0.378 e. The number of piperidine rings is 1.